The van der Waals surface area contributed by atoms with Gasteiger partial charge in [-0.3, -0.25) is 4.79 Å². The third-order valence-corrected chi connectivity index (χ3v) is 7.72. The average Bonchev–Trinajstić information content (AvgIpc) is 3.23. The first-order valence-electron chi connectivity index (χ1n) is 11.4. The molecule has 9 nitrogen and oxygen atoms in total. The zero-order chi connectivity index (χ0) is 25.2. The molecule has 0 saturated carbocycles. The first kappa shape index (κ1) is 25.6. The zero-order valence-corrected chi connectivity index (χ0v) is 21.6. The lowest BCUT2D eigenvalue weighted by molar-refractivity contribution is 0.102. The molecule has 0 atom stereocenters. The molecule has 1 aromatic carbocycles. The highest BCUT2D eigenvalue weighted by Crippen LogP contribution is 2.31. The number of hydrogen-bond acceptors (Lipinski definition) is 6. The monoisotopic (exact) mass is 487 g/mol. The van der Waals surface area contributed by atoms with Crippen molar-refractivity contribution < 1.29 is 17.9 Å². The summed E-state index contributed by atoms with van der Waals surface area (Å²) in [5.41, 5.74) is 2.09. The van der Waals surface area contributed by atoms with Gasteiger partial charge in [-0.1, -0.05) is 27.7 Å². The van der Waals surface area contributed by atoms with Gasteiger partial charge < -0.3 is 10.1 Å². The molecule has 3 aromatic rings. The predicted molar refractivity (Wildman–Crippen MR) is 133 cm³/mol. The summed E-state index contributed by atoms with van der Waals surface area (Å²) in [6.07, 6.45) is 1.64. The van der Waals surface area contributed by atoms with Crippen molar-refractivity contribution in [3.8, 4) is 5.75 Å². The fraction of sp³-hybridized carbons (Fsp3) is 0.458. The van der Waals surface area contributed by atoms with E-state index in [2.05, 4.69) is 10.4 Å². The van der Waals surface area contributed by atoms with E-state index in [1.807, 2.05) is 27.7 Å². The molecule has 0 saturated heterocycles. The normalized spacial score (nSPS) is 12.2. The fourth-order valence-corrected chi connectivity index (χ4v) is 5.23. The third-order valence-electron chi connectivity index (χ3n) is 5.67. The van der Waals surface area contributed by atoms with Gasteiger partial charge in [-0.2, -0.15) is 9.40 Å². The molecule has 2 aromatic heterocycles. The van der Waals surface area contributed by atoms with Gasteiger partial charge in [-0.05, 0) is 44.0 Å². The SMILES string of the molecule is CCN(CC)S(=O)(=O)c1ccc(OC)c(NC(=O)c2cc(C(C)C)nc3c2cnn3C(C)C)c1. The van der Waals surface area contributed by atoms with Crippen LogP contribution in [0.15, 0.2) is 35.4 Å². The lowest BCUT2D eigenvalue weighted by atomic mass is 10.0. The van der Waals surface area contributed by atoms with E-state index < -0.39 is 15.9 Å². The summed E-state index contributed by atoms with van der Waals surface area (Å²) in [4.78, 5) is 18.3. The van der Waals surface area contributed by atoms with E-state index in [-0.39, 0.29) is 22.5 Å². The molecular formula is C24H33N5O4S. The minimum Gasteiger partial charge on any atom is -0.495 e. The molecule has 10 heteroatoms. The van der Waals surface area contributed by atoms with Crippen LogP contribution in [0.3, 0.4) is 0 Å². The second kappa shape index (κ2) is 10.1. The van der Waals surface area contributed by atoms with Gasteiger partial charge in [0.05, 0.1) is 34.8 Å². The summed E-state index contributed by atoms with van der Waals surface area (Å²) in [5.74, 6) is 0.0657. The number of nitrogens with zero attached hydrogens (tertiary/aromatic N) is 4. The molecule has 0 fully saturated rings. The molecule has 0 bridgehead atoms. The first-order chi connectivity index (χ1) is 16.0. The van der Waals surface area contributed by atoms with Crippen molar-refractivity contribution in [1.82, 2.24) is 19.1 Å². The predicted octanol–water partition coefficient (Wildman–Crippen LogP) is 4.43. The van der Waals surface area contributed by atoms with Gasteiger partial charge in [0.1, 0.15) is 5.75 Å². The number of hydrogen-bond donors (Lipinski definition) is 1. The summed E-state index contributed by atoms with van der Waals surface area (Å²) in [6, 6.07) is 6.30. The maximum absolute atomic E-state index is 13.5. The van der Waals surface area contributed by atoms with Gasteiger partial charge in [0.2, 0.25) is 10.0 Å². The number of rotatable bonds is 9. The molecule has 0 aliphatic heterocycles. The molecule has 184 valence electrons. The Hall–Kier alpha value is -2.98. The van der Waals surface area contributed by atoms with E-state index in [1.165, 1.54) is 23.5 Å². The Bertz CT molecular complexity index is 1290. The van der Waals surface area contributed by atoms with Gasteiger partial charge >= 0.3 is 0 Å². The number of pyridine rings is 1. The number of anilines is 1. The average molecular weight is 488 g/mol. The Morgan fingerprint density at radius 2 is 1.82 bits per heavy atom. The second-order valence-electron chi connectivity index (χ2n) is 8.58. The highest BCUT2D eigenvalue weighted by atomic mass is 32.2. The number of sulfonamides is 1. The van der Waals surface area contributed by atoms with Crippen LogP contribution in [-0.4, -0.2) is 53.6 Å². The number of carbonyl (C=O) groups excluding carboxylic acids is 1. The van der Waals surface area contributed by atoms with Gasteiger partial charge in [0.15, 0.2) is 5.65 Å². The van der Waals surface area contributed by atoms with Crippen molar-refractivity contribution in [2.75, 3.05) is 25.5 Å². The first-order valence-corrected chi connectivity index (χ1v) is 12.9. The van der Waals surface area contributed by atoms with Crippen LogP contribution in [0.25, 0.3) is 11.0 Å². The van der Waals surface area contributed by atoms with Gasteiger partial charge in [-0.15, -0.1) is 0 Å². The van der Waals surface area contributed by atoms with Crippen molar-refractivity contribution in [2.45, 2.75) is 58.4 Å². The maximum atomic E-state index is 13.5. The Labute approximate surface area is 201 Å². The van der Waals surface area contributed by atoms with E-state index in [9.17, 15) is 13.2 Å². The van der Waals surface area contributed by atoms with Crippen LogP contribution in [0.4, 0.5) is 5.69 Å². The molecule has 0 radical (unpaired) electrons. The van der Waals surface area contributed by atoms with Crippen LogP contribution in [-0.2, 0) is 10.0 Å². The molecule has 2 heterocycles. The molecule has 0 spiro atoms. The van der Waals surface area contributed by atoms with E-state index in [0.29, 0.717) is 35.4 Å². The van der Waals surface area contributed by atoms with Crippen LogP contribution in [0.2, 0.25) is 0 Å². The highest BCUT2D eigenvalue weighted by Gasteiger charge is 2.24. The number of methoxy groups -OCH3 is 1. The highest BCUT2D eigenvalue weighted by molar-refractivity contribution is 7.89. The number of nitrogens with one attached hydrogen (secondary N) is 1. The van der Waals surface area contributed by atoms with E-state index in [4.69, 9.17) is 9.72 Å². The molecule has 0 unspecified atom stereocenters. The summed E-state index contributed by atoms with van der Waals surface area (Å²) in [7, 11) is -2.23. The van der Waals surface area contributed by atoms with Crippen molar-refractivity contribution in [1.29, 1.82) is 0 Å². The van der Waals surface area contributed by atoms with Crippen molar-refractivity contribution in [3.63, 3.8) is 0 Å². The number of fused-ring (bicyclic) bond motifs is 1. The molecule has 1 amide bonds. The van der Waals surface area contributed by atoms with E-state index in [0.717, 1.165) is 5.69 Å². The number of aromatic nitrogens is 3. The molecule has 3 rings (SSSR count). The standard InChI is InChI=1S/C24H33N5O4S/c1-8-28(9-2)34(31,32)17-10-11-22(33-7)21(12-17)27-24(30)18-13-20(15(3)4)26-23-19(18)14-25-29(23)16(5)6/h10-16H,8-9H2,1-7H3,(H,27,30). The number of benzene rings is 1. The number of amides is 1. The van der Waals surface area contributed by atoms with E-state index >= 15 is 0 Å². The molecule has 34 heavy (non-hydrogen) atoms. The smallest absolute Gasteiger partial charge is 0.256 e. The van der Waals surface area contributed by atoms with Crippen LogP contribution in [0.5, 0.6) is 5.75 Å². The number of ether oxygens (including phenoxy) is 1. The summed E-state index contributed by atoms with van der Waals surface area (Å²) >= 11 is 0. The zero-order valence-electron chi connectivity index (χ0n) is 20.8. The second-order valence-corrected chi connectivity index (χ2v) is 10.5. The summed E-state index contributed by atoms with van der Waals surface area (Å²) in [5, 5.41) is 7.90. The van der Waals surface area contributed by atoms with Gasteiger partial charge in [0.25, 0.3) is 5.91 Å². The minimum atomic E-state index is -3.70. The summed E-state index contributed by atoms with van der Waals surface area (Å²) < 4.78 is 34.6. The topological polar surface area (TPSA) is 106 Å². The van der Waals surface area contributed by atoms with E-state index in [1.54, 1.807) is 36.9 Å². The molecular weight excluding hydrogens is 454 g/mol. The lowest BCUT2D eigenvalue weighted by Crippen LogP contribution is -2.30. The minimum absolute atomic E-state index is 0.0744. The van der Waals surface area contributed by atoms with Gasteiger partial charge in [-0.25, -0.2) is 18.1 Å². The van der Waals surface area contributed by atoms with Crippen molar-refractivity contribution in [3.05, 3.63) is 41.7 Å². The molecule has 0 aliphatic rings. The summed E-state index contributed by atoms with van der Waals surface area (Å²) in [6.45, 7) is 12.3. The Kier molecular flexibility index (Phi) is 7.62. The lowest BCUT2D eigenvalue weighted by Gasteiger charge is -2.20. The Balaban J connectivity index is 2.09. The van der Waals surface area contributed by atoms with Crippen LogP contribution in [0.1, 0.15) is 69.6 Å². The third kappa shape index (κ3) is 4.78. The van der Waals surface area contributed by atoms with Crippen molar-refractivity contribution >= 4 is 32.7 Å². The van der Waals surface area contributed by atoms with Gasteiger partial charge in [0, 0.05) is 24.8 Å². The quantitative estimate of drug-likeness (QED) is 0.479. The molecule has 0 aliphatic carbocycles. The van der Waals surface area contributed by atoms with Crippen LogP contribution < -0.4 is 10.1 Å². The number of carbonyl (C=O) groups is 1. The maximum Gasteiger partial charge on any atom is 0.256 e. The Morgan fingerprint density at radius 1 is 1.15 bits per heavy atom. The fourth-order valence-electron chi connectivity index (χ4n) is 3.75. The largest absolute Gasteiger partial charge is 0.495 e. The molecule has 1 N–H and O–H groups in total. The van der Waals surface area contributed by atoms with Crippen LogP contribution >= 0.6 is 0 Å². The van der Waals surface area contributed by atoms with Crippen LogP contribution in [0, 0.1) is 0 Å². The Morgan fingerprint density at radius 3 is 2.38 bits per heavy atom. The van der Waals surface area contributed by atoms with Crippen molar-refractivity contribution in [2.24, 2.45) is 0 Å².